The molecule has 0 bridgehead atoms. The van der Waals surface area contributed by atoms with E-state index in [0.29, 0.717) is 5.41 Å². The second-order valence-electron chi connectivity index (χ2n) is 7.22. The highest BCUT2D eigenvalue weighted by Gasteiger charge is 2.33. The Bertz CT molecular complexity index is 518. The Kier molecular flexibility index (Phi) is 12.5. The maximum absolute atomic E-state index is 5.32. The van der Waals surface area contributed by atoms with Crippen molar-refractivity contribution in [2.45, 2.75) is 45.4 Å². The lowest BCUT2D eigenvalue weighted by atomic mass is 9.83. The Balaban J connectivity index is 0.00000364. The van der Waals surface area contributed by atoms with Crippen molar-refractivity contribution in [3.63, 3.8) is 0 Å². The van der Waals surface area contributed by atoms with Crippen molar-refractivity contribution in [3.8, 4) is 0 Å². The Labute approximate surface area is 182 Å². The summed E-state index contributed by atoms with van der Waals surface area (Å²) in [4.78, 5) is 4.89. The summed E-state index contributed by atoms with van der Waals surface area (Å²) >= 11 is 0. The number of aliphatic imine (C=N–C) groups is 1. The number of methoxy groups -OCH3 is 1. The molecule has 0 unspecified atom stereocenters. The molecule has 1 fully saturated rings. The summed E-state index contributed by atoms with van der Waals surface area (Å²) in [5, 5.41) is 10.3. The minimum atomic E-state index is 0. The van der Waals surface area contributed by atoms with E-state index in [4.69, 9.17) is 9.73 Å². The largest absolute Gasteiger partial charge is 0.385 e. The molecule has 1 aromatic rings. The molecule has 0 saturated heterocycles. The smallest absolute Gasteiger partial charge is 0.191 e. The number of rotatable bonds is 11. The average molecular weight is 488 g/mol. The van der Waals surface area contributed by atoms with Gasteiger partial charge in [-0.25, -0.2) is 0 Å². The quantitative estimate of drug-likeness (QED) is 0.189. The molecule has 5 nitrogen and oxygen atoms in total. The van der Waals surface area contributed by atoms with Crippen LogP contribution in [0, 0.1) is 5.41 Å². The number of halogens is 1. The number of nitrogens with one attached hydrogen (secondary N) is 3. The summed E-state index contributed by atoms with van der Waals surface area (Å²) in [7, 11) is 1.79. The third kappa shape index (κ3) is 9.14. The molecule has 27 heavy (non-hydrogen) atoms. The highest BCUT2D eigenvalue weighted by atomic mass is 127. The molecule has 0 amide bonds. The summed E-state index contributed by atoms with van der Waals surface area (Å²) in [6.45, 7) is 6.60. The van der Waals surface area contributed by atoms with Gasteiger partial charge in [-0.05, 0) is 50.2 Å². The fraction of sp³-hybridized carbons (Fsp3) is 0.667. The summed E-state index contributed by atoms with van der Waals surface area (Å²) in [5.74, 6) is 0.941. The minimum Gasteiger partial charge on any atom is -0.385 e. The van der Waals surface area contributed by atoms with Crippen LogP contribution >= 0.6 is 24.0 Å². The van der Waals surface area contributed by atoms with Crippen molar-refractivity contribution >= 4 is 35.6 Å². The summed E-state index contributed by atoms with van der Waals surface area (Å²) in [6, 6.07) is 10.3. The first-order chi connectivity index (χ1) is 12.8. The number of hydrogen-bond acceptors (Lipinski definition) is 3. The number of para-hydroxylation sites is 1. The van der Waals surface area contributed by atoms with E-state index in [0.717, 1.165) is 51.6 Å². The zero-order valence-corrected chi connectivity index (χ0v) is 19.3. The fourth-order valence-corrected chi connectivity index (χ4v) is 3.60. The van der Waals surface area contributed by atoms with E-state index in [-0.39, 0.29) is 24.0 Å². The molecule has 0 atom stereocenters. The number of guanidine groups is 1. The van der Waals surface area contributed by atoms with Gasteiger partial charge in [-0.2, -0.15) is 0 Å². The highest BCUT2D eigenvalue weighted by molar-refractivity contribution is 14.0. The van der Waals surface area contributed by atoms with Crippen LogP contribution in [0.5, 0.6) is 0 Å². The molecule has 2 rings (SSSR count). The molecule has 0 spiro atoms. The van der Waals surface area contributed by atoms with Gasteiger partial charge in [0, 0.05) is 45.6 Å². The number of benzene rings is 1. The normalized spacial score (nSPS) is 15.9. The Morgan fingerprint density at radius 1 is 1.11 bits per heavy atom. The molecule has 0 aromatic heterocycles. The SMILES string of the molecule is CCNC(=NCC1(CCOC)CCCC1)NCCCNc1ccccc1.I. The summed E-state index contributed by atoms with van der Waals surface area (Å²) in [6.07, 6.45) is 7.38. The topological polar surface area (TPSA) is 57.7 Å². The van der Waals surface area contributed by atoms with E-state index >= 15 is 0 Å². The van der Waals surface area contributed by atoms with E-state index in [2.05, 4.69) is 47.1 Å². The predicted molar refractivity (Wildman–Crippen MR) is 126 cm³/mol. The Morgan fingerprint density at radius 3 is 2.52 bits per heavy atom. The van der Waals surface area contributed by atoms with E-state index in [1.165, 1.54) is 31.4 Å². The van der Waals surface area contributed by atoms with Gasteiger partial charge in [0.05, 0.1) is 0 Å². The zero-order valence-electron chi connectivity index (χ0n) is 16.9. The van der Waals surface area contributed by atoms with Gasteiger partial charge < -0.3 is 20.7 Å². The molecule has 3 N–H and O–H groups in total. The van der Waals surface area contributed by atoms with Gasteiger partial charge in [-0.3, -0.25) is 4.99 Å². The number of nitrogens with zero attached hydrogens (tertiary/aromatic N) is 1. The maximum Gasteiger partial charge on any atom is 0.191 e. The van der Waals surface area contributed by atoms with Crippen LogP contribution in [0.4, 0.5) is 5.69 Å². The van der Waals surface area contributed by atoms with Crippen LogP contribution in [-0.2, 0) is 4.74 Å². The zero-order chi connectivity index (χ0) is 18.5. The van der Waals surface area contributed by atoms with Crippen LogP contribution < -0.4 is 16.0 Å². The van der Waals surface area contributed by atoms with Crippen LogP contribution in [0.2, 0.25) is 0 Å². The van der Waals surface area contributed by atoms with Crippen LogP contribution in [0.25, 0.3) is 0 Å². The van der Waals surface area contributed by atoms with Crippen LogP contribution in [0.15, 0.2) is 35.3 Å². The van der Waals surface area contributed by atoms with Crippen LogP contribution in [-0.4, -0.2) is 45.9 Å². The molecular formula is C21H37IN4O. The third-order valence-electron chi connectivity index (χ3n) is 5.17. The molecule has 0 aliphatic heterocycles. The predicted octanol–water partition coefficient (Wildman–Crippen LogP) is 4.26. The van der Waals surface area contributed by atoms with E-state index < -0.39 is 0 Å². The highest BCUT2D eigenvalue weighted by Crippen LogP contribution is 2.41. The van der Waals surface area contributed by atoms with Crippen molar-refractivity contribution in [3.05, 3.63) is 30.3 Å². The molecule has 1 saturated carbocycles. The summed E-state index contributed by atoms with van der Waals surface area (Å²) < 4.78 is 5.32. The van der Waals surface area contributed by atoms with Crippen LogP contribution in [0.1, 0.15) is 45.4 Å². The Hall–Kier alpha value is -1.02. The Morgan fingerprint density at radius 2 is 1.85 bits per heavy atom. The first-order valence-corrected chi connectivity index (χ1v) is 10.1. The van der Waals surface area contributed by atoms with Crippen molar-refractivity contribution < 1.29 is 4.74 Å². The lowest BCUT2D eigenvalue weighted by Crippen LogP contribution is -2.39. The number of hydrogen-bond donors (Lipinski definition) is 3. The maximum atomic E-state index is 5.32. The molecule has 1 aliphatic rings. The number of ether oxygens (including phenoxy) is 1. The molecule has 154 valence electrons. The first-order valence-electron chi connectivity index (χ1n) is 10.1. The van der Waals surface area contributed by atoms with Gasteiger partial charge in [0.15, 0.2) is 5.96 Å². The molecule has 1 aromatic carbocycles. The molecule has 1 aliphatic carbocycles. The van der Waals surface area contributed by atoms with Gasteiger partial charge in [0.25, 0.3) is 0 Å². The van der Waals surface area contributed by atoms with E-state index in [9.17, 15) is 0 Å². The van der Waals surface area contributed by atoms with Gasteiger partial charge in [0.2, 0.25) is 0 Å². The van der Waals surface area contributed by atoms with E-state index in [1.807, 2.05) is 6.07 Å². The van der Waals surface area contributed by atoms with Crippen molar-refractivity contribution in [2.75, 3.05) is 45.2 Å². The second-order valence-corrected chi connectivity index (χ2v) is 7.22. The molecule has 0 radical (unpaired) electrons. The van der Waals surface area contributed by atoms with Crippen LogP contribution in [0.3, 0.4) is 0 Å². The van der Waals surface area contributed by atoms with Crippen molar-refractivity contribution in [1.29, 1.82) is 0 Å². The number of anilines is 1. The second kappa shape index (κ2) is 14.0. The van der Waals surface area contributed by atoms with Gasteiger partial charge >= 0.3 is 0 Å². The van der Waals surface area contributed by atoms with Gasteiger partial charge in [-0.15, -0.1) is 24.0 Å². The fourth-order valence-electron chi connectivity index (χ4n) is 3.60. The van der Waals surface area contributed by atoms with E-state index in [1.54, 1.807) is 7.11 Å². The molecule has 0 heterocycles. The standard InChI is InChI=1S/C21H36N4O.HI/c1-3-22-20(24-16-9-15-23-19-10-5-4-6-11-19)25-18-21(14-17-26-2)12-7-8-13-21;/h4-6,10-11,23H,3,7-9,12-18H2,1-2H3,(H2,22,24,25);1H. The molecular weight excluding hydrogens is 451 g/mol. The minimum absolute atomic E-state index is 0. The van der Waals surface area contributed by atoms with Gasteiger partial charge in [0.1, 0.15) is 0 Å². The van der Waals surface area contributed by atoms with Crippen molar-refractivity contribution in [1.82, 2.24) is 10.6 Å². The molecule has 6 heteroatoms. The monoisotopic (exact) mass is 488 g/mol. The lowest BCUT2D eigenvalue weighted by Gasteiger charge is -2.27. The summed E-state index contributed by atoms with van der Waals surface area (Å²) in [5.41, 5.74) is 1.52. The lowest BCUT2D eigenvalue weighted by molar-refractivity contribution is 0.141. The average Bonchev–Trinajstić information content (AvgIpc) is 3.14. The third-order valence-corrected chi connectivity index (χ3v) is 5.17. The first kappa shape index (κ1) is 24.0. The van der Waals surface area contributed by atoms with Crippen molar-refractivity contribution in [2.24, 2.45) is 10.4 Å². The van der Waals surface area contributed by atoms with Gasteiger partial charge in [-0.1, -0.05) is 31.0 Å².